The van der Waals surface area contributed by atoms with Crippen molar-refractivity contribution in [3.05, 3.63) is 95.4 Å². The molecule has 0 spiro atoms. The van der Waals surface area contributed by atoms with E-state index in [0.29, 0.717) is 28.0 Å². The van der Waals surface area contributed by atoms with Crippen LogP contribution in [0.5, 0.6) is 5.75 Å². The summed E-state index contributed by atoms with van der Waals surface area (Å²) in [5, 5.41) is 3.48. The zero-order valence-electron chi connectivity index (χ0n) is 20.0. The number of hydrogen-bond donors (Lipinski definition) is 1. The molecule has 1 fully saturated rings. The van der Waals surface area contributed by atoms with Gasteiger partial charge in [0.25, 0.3) is 5.91 Å². The van der Waals surface area contributed by atoms with Gasteiger partial charge in [-0.25, -0.2) is 9.37 Å². The molecule has 1 aromatic heterocycles. The molecule has 0 aliphatic heterocycles. The number of ether oxygens (including phenoxy) is 1. The first-order valence-electron chi connectivity index (χ1n) is 11.8. The average molecular weight is 519 g/mol. The largest absolute Gasteiger partial charge is 0.497 e. The lowest BCUT2D eigenvalue weighted by Crippen LogP contribution is -2.39. The predicted molar refractivity (Wildman–Crippen MR) is 140 cm³/mol. The molecule has 7 nitrogen and oxygen atoms in total. The standard InChI is InChI=1S/C28H24ClFN4O3/c1-37-24-14-12-23(13-15-24)34-16-25(18-2-6-20(29)7-3-18)31-28(34)32-26(35)17-33(22-10-11-22)27(36)19-4-8-21(30)9-5-19/h2-9,12-16,22H,10-11,17H2,1H3,(H,31,32,35). The second-order valence-electron chi connectivity index (χ2n) is 8.74. The van der Waals surface area contributed by atoms with Crippen molar-refractivity contribution in [2.24, 2.45) is 0 Å². The fourth-order valence-corrected chi connectivity index (χ4v) is 4.12. The van der Waals surface area contributed by atoms with Crippen LogP contribution in [0.1, 0.15) is 23.2 Å². The van der Waals surface area contributed by atoms with Gasteiger partial charge in [0.1, 0.15) is 18.1 Å². The van der Waals surface area contributed by atoms with Gasteiger partial charge < -0.3 is 9.64 Å². The Morgan fingerprint density at radius 1 is 1.05 bits per heavy atom. The highest BCUT2D eigenvalue weighted by molar-refractivity contribution is 6.30. The zero-order chi connectivity index (χ0) is 25.9. The minimum atomic E-state index is -0.422. The van der Waals surface area contributed by atoms with Crippen molar-refractivity contribution < 1.29 is 18.7 Å². The summed E-state index contributed by atoms with van der Waals surface area (Å²) in [6, 6.07) is 19.9. The number of aromatic nitrogens is 2. The maximum absolute atomic E-state index is 13.3. The maximum atomic E-state index is 13.3. The minimum Gasteiger partial charge on any atom is -0.497 e. The van der Waals surface area contributed by atoms with Crippen molar-refractivity contribution in [2.45, 2.75) is 18.9 Å². The fraction of sp³-hybridized carbons (Fsp3) is 0.179. The lowest BCUT2D eigenvalue weighted by Gasteiger charge is -2.22. The Morgan fingerprint density at radius 3 is 2.35 bits per heavy atom. The van der Waals surface area contributed by atoms with Crippen LogP contribution in [0.3, 0.4) is 0 Å². The molecule has 0 atom stereocenters. The number of benzene rings is 3. The zero-order valence-corrected chi connectivity index (χ0v) is 20.8. The van der Waals surface area contributed by atoms with E-state index in [9.17, 15) is 14.0 Å². The first kappa shape index (κ1) is 24.5. The van der Waals surface area contributed by atoms with Crippen LogP contribution in [0, 0.1) is 5.82 Å². The van der Waals surface area contributed by atoms with Crippen LogP contribution in [-0.2, 0) is 4.79 Å². The van der Waals surface area contributed by atoms with Gasteiger partial charge in [-0.1, -0.05) is 23.7 Å². The molecule has 0 radical (unpaired) electrons. The molecule has 188 valence electrons. The summed E-state index contributed by atoms with van der Waals surface area (Å²) in [6.07, 6.45) is 3.46. The normalized spacial score (nSPS) is 12.7. The number of methoxy groups -OCH3 is 1. The molecule has 1 aliphatic rings. The molecule has 2 amide bonds. The van der Waals surface area contributed by atoms with Gasteiger partial charge in [0.2, 0.25) is 11.9 Å². The molecule has 1 aliphatic carbocycles. The molecule has 1 heterocycles. The summed E-state index contributed by atoms with van der Waals surface area (Å²) in [4.78, 5) is 32.4. The van der Waals surface area contributed by atoms with Crippen LogP contribution in [0.2, 0.25) is 5.02 Å². The lowest BCUT2D eigenvalue weighted by atomic mass is 10.2. The van der Waals surface area contributed by atoms with Crippen LogP contribution < -0.4 is 10.1 Å². The third-order valence-corrected chi connectivity index (χ3v) is 6.35. The molecule has 4 aromatic rings. The van der Waals surface area contributed by atoms with Crippen molar-refractivity contribution in [1.82, 2.24) is 14.5 Å². The van der Waals surface area contributed by atoms with Crippen LogP contribution in [0.25, 0.3) is 16.9 Å². The van der Waals surface area contributed by atoms with Gasteiger partial charge in [-0.05, 0) is 73.5 Å². The van der Waals surface area contributed by atoms with Crippen molar-refractivity contribution in [1.29, 1.82) is 0 Å². The van der Waals surface area contributed by atoms with E-state index in [4.69, 9.17) is 16.3 Å². The molecule has 3 aromatic carbocycles. The Morgan fingerprint density at radius 2 is 1.73 bits per heavy atom. The number of imidazole rings is 1. The summed E-state index contributed by atoms with van der Waals surface area (Å²) in [5.41, 5.74) is 2.58. The Balaban J connectivity index is 1.41. The summed E-state index contributed by atoms with van der Waals surface area (Å²) in [6.45, 7) is -0.146. The molecule has 9 heteroatoms. The second-order valence-corrected chi connectivity index (χ2v) is 9.18. The number of anilines is 1. The van der Waals surface area contributed by atoms with E-state index in [0.717, 1.165) is 24.1 Å². The molecule has 0 bridgehead atoms. The summed E-state index contributed by atoms with van der Waals surface area (Å²) < 4.78 is 20.4. The summed E-state index contributed by atoms with van der Waals surface area (Å²) in [7, 11) is 1.59. The van der Waals surface area contributed by atoms with Gasteiger partial charge in [0.15, 0.2) is 0 Å². The third kappa shape index (κ3) is 5.65. The number of nitrogens with one attached hydrogen (secondary N) is 1. The highest BCUT2D eigenvalue weighted by atomic mass is 35.5. The molecule has 5 rings (SSSR count). The fourth-order valence-electron chi connectivity index (χ4n) is 4.00. The van der Waals surface area contributed by atoms with E-state index in [-0.39, 0.29) is 24.4 Å². The van der Waals surface area contributed by atoms with Crippen molar-refractivity contribution in [2.75, 3.05) is 19.0 Å². The Hall–Kier alpha value is -4.17. The van der Waals surface area contributed by atoms with Gasteiger partial charge in [0.05, 0.1) is 12.8 Å². The summed E-state index contributed by atoms with van der Waals surface area (Å²) in [5.74, 6) is -0.102. The van der Waals surface area contributed by atoms with E-state index >= 15 is 0 Å². The van der Waals surface area contributed by atoms with Crippen LogP contribution in [0.15, 0.2) is 79.0 Å². The number of nitrogens with zero attached hydrogens (tertiary/aromatic N) is 3. The molecule has 0 saturated heterocycles. The molecule has 1 N–H and O–H groups in total. The number of carbonyl (C=O) groups is 2. The number of hydrogen-bond acceptors (Lipinski definition) is 4. The van der Waals surface area contributed by atoms with E-state index in [1.165, 1.54) is 29.2 Å². The van der Waals surface area contributed by atoms with Crippen LogP contribution in [-0.4, -0.2) is 46.0 Å². The average Bonchev–Trinajstić information content (AvgIpc) is 3.67. The molecular formula is C28H24ClFN4O3. The van der Waals surface area contributed by atoms with E-state index in [2.05, 4.69) is 10.3 Å². The number of halogens is 2. The second kappa shape index (κ2) is 10.4. The molecule has 0 unspecified atom stereocenters. The van der Waals surface area contributed by atoms with Gasteiger partial charge in [-0.15, -0.1) is 0 Å². The molecular weight excluding hydrogens is 495 g/mol. The quantitative estimate of drug-likeness (QED) is 0.330. The SMILES string of the molecule is COc1ccc(-n2cc(-c3ccc(Cl)cc3)nc2NC(=O)CN(C(=O)c2ccc(F)cc2)C2CC2)cc1. The van der Waals surface area contributed by atoms with Gasteiger partial charge >= 0.3 is 0 Å². The van der Waals surface area contributed by atoms with Gasteiger partial charge in [-0.3, -0.25) is 19.5 Å². The van der Waals surface area contributed by atoms with Gasteiger partial charge in [-0.2, -0.15) is 0 Å². The molecule has 37 heavy (non-hydrogen) atoms. The van der Waals surface area contributed by atoms with E-state index in [1.54, 1.807) is 23.8 Å². The Bertz CT molecular complexity index is 1420. The Labute approximate surface area is 218 Å². The monoisotopic (exact) mass is 518 g/mol. The number of rotatable bonds is 8. The third-order valence-electron chi connectivity index (χ3n) is 6.10. The highest BCUT2D eigenvalue weighted by Crippen LogP contribution is 2.29. The molecule has 1 saturated carbocycles. The highest BCUT2D eigenvalue weighted by Gasteiger charge is 2.34. The van der Waals surface area contributed by atoms with E-state index in [1.807, 2.05) is 42.6 Å². The number of amides is 2. The van der Waals surface area contributed by atoms with E-state index < -0.39 is 5.82 Å². The first-order chi connectivity index (χ1) is 17.9. The number of carbonyl (C=O) groups excluding carboxylic acids is 2. The Kier molecular flexibility index (Phi) is 6.92. The smallest absolute Gasteiger partial charge is 0.254 e. The van der Waals surface area contributed by atoms with Crippen molar-refractivity contribution in [3.63, 3.8) is 0 Å². The van der Waals surface area contributed by atoms with Crippen molar-refractivity contribution in [3.8, 4) is 22.7 Å². The maximum Gasteiger partial charge on any atom is 0.254 e. The predicted octanol–water partition coefficient (Wildman–Crippen LogP) is 5.58. The lowest BCUT2D eigenvalue weighted by molar-refractivity contribution is -0.117. The summed E-state index contributed by atoms with van der Waals surface area (Å²) >= 11 is 6.04. The van der Waals surface area contributed by atoms with Gasteiger partial charge in [0, 0.05) is 34.1 Å². The topological polar surface area (TPSA) is 76.5 Å². The van der Waals surface area contributed by atoms with Crippen molar-refractivity contribution >= 4 is 29.4 Å². The van der Waals surface area contributed by atoms with Crippen LogP contribution in [0.4, 0.5) is 10.3 Å². The van der Waals surface area contributed by atoms with Crippen LogP contribution >= 0.6 is 11.6 Å². The minimum absolute atomic E-state index is 0.0192. The first-order valence-corrected chi connectivity index (χ1v) is 12.2.